The Hall–Kier alpha value is -1.39. The van der Waals surface area contributed by atoms with Crippen molar-refractivity contribution < 1.29 is 9.53 Å². The average molecular weight is 279 g/mol. The van der Waals surface area contributed by atoms with Crippen LogP contribution >= 0.6 is 0 Å². The van der Waals surface area contributed by atoms with Gasteiger partial charge >= 0.3 is 5.97 Å². The summed E-state index contributed by atoms with van der Waals surface area (Å²) in [7, 11) is 0. The van der Waals surface area contributed by atoms with Crippen molar-refractivity contribution in [3.63, 3.8) is 0 Å². The number of hydrogen-bond acceptors (Lipinski definition) is 4. The molecule has 20 heavy (non-hydrogen) atoms. The Morgan fingerprint density at radius 1 is 1.30 bits per heavy atom. The highest BCUT2D eigenvalue weighted by atomic mass is 16.6. The maximum atomic E-state index is 12.1. The van der Waals surface area contributed by atoms with Crippen molar-refractivity contribution in [2.45, 2.75) is 65.0 Å². The van der Waals surface area contributed by atoms with Crippen molar-refractivity contribution in [2.75, 3.05) is 0 Å². The van der Waals surface area contributed by atoms with E-state index in [0.29, 0.717) is 5.92 Å². The van der Waals surface area contributed by atoms with Gasteiger partial charge in [-0.15, -0.1) is 0 Å². The van der Waals surface area contributed by atoms with Crippen LogP contribution in [0, 0.1) is 11.8 Å². The van der Waals surface area contributed by atoms with Gasteiger partial charge in [0.05, 0.1) is 5.92 Å². The molecule has 1 aromatic heterocycles. The van der Waals surface area contributed by atoms with Crippen molar-refractivity contribution in [3.05, 3.63) is 12.7 Å². The van der Waals surface area contributed by atoms with Crippen LogP contribution in [0.5, 0.6) is 0 Å². The third-order valence-corrected chi connectivity index (χ3v) is 3.74. The molecule has 1 fully saturated rings. The Morgan fingerprint density at radius 2 is 2.10 bits per heavy atom. The summed E-state index contributed by atoms with van der Waals surface area (Å²) in [6.45, 7) is 6.68. The number of ether oxygens (including phenoxy) is 1. The topological polar surface area (TPSA) is 57.0 Å². The third kappa shape index (κ3) is 4.62. The summed E-state index contributed by atoms with van der Waals surface area (Å²) in [4.78, 5) is 16.1. The van der Waals surface area contributed by atoms with Crippen molar-refractivity contribution in [1.82, 2.24) is 14.8 Å². The van der Waals surface area contributed by atoms with Gasteiger partial charge in [-0.2, -0.15) is 5.10 Å². The molecule has 0 amide bonds. The smallest absolute Gasteiger partial charge is 0.309 e. The molecule has 0 bridgehead atoms. The van der Waals surface area contributed by atoms with Crippen LogP contribution in [-0.4, -0.2) is 26.3 Å². The van der Waals surface area contributed by atoms with Crippen LogP contribution in [-0.2, 0) is 16.1 Å². The molecule has 1 aliphatic rings. The second-order valence-corrected chi connectivity index (χ2v) is 6.72. The molecular weight excluding hydrogens is 254 g/mol. The Balaban J connectivity index is 1.84. The Bertz CT molecular complexity index is 423. The molecule has 0 aromatic carbocycles. The first kappa shape index (κ1) is 15.0. The van der Waals surface area contributed by atoms with Gasteiger partial charge in [-0.1, -0.05) is 6.42 Å². The van der Waals surface area contributed by atoms with Gasteiger partial charge in [0.15, 0.2) is 0 Å². The predicted molar refractivity (Wildman–Crippen MR) is 75.9 cm³/mol. The maximum absolute atomic E-state index is 12.1. The summed E-state index contributed by atoms with van der Waals surface area (Å²) in [6.07, 6.45) is 8.50. The zero-order valence-electron chi connectivity index (χ0n) is 12.7. The molecule has 5 nitrogen and oxygen atoms in total. The first-order valence-electron chi connectivity index (χ1n) is 7.49. The van der Waals surface area contributed by atoms with Gasteiger partial charge in [0.2, 0.25) is 0 Å². The summed E-state index contributed by atoms with van der Waals surface area (Å²) in [5, 5.41) is 4.16. The molecule has 5 heteroatoms. The number of carbonyl (C=O) groups is 1. The van der Waals surface area contributed by atoms with E-state index in [2.05, 4.69) is 10.1 Å². The number of nitrogens with zero attached hydrogens (tertiary/aromatic N) is 3. The van der Waals surface area contributed by atoms with E-state index in [1.807, 2.05) is 25.5 Å². The Morgan fingerprint density at radius 3 is 2.75 bits per heavy atom. The molecule has 1 aromatic rings. The quantitative estimate of drug-likeness (QED) is 0.630. The van der Waals surface area contributed by atoms with Gasteiger partial charge in [-0.05, 0) is 52.4 Å². The number of aromatic nitrogens is 3. The molecule has 0 radical (unpaired) electrons. The number of esters is 1. The lowest BCUT2D eigenvalue weighted by molar-refractivity contribution is -0.160. The standard InChI is InChI=1S/C15H25N3O2/c1-15(2,3)20-14(19)13-6-4-5-12(7-8-13)9-18-11-16-10-17-18/h10-13H,4-9H2,1-3H3. The molecule has 2 unspecified atom stereocenters. The fraction of sp³-hybridized carbons (Fsp3) is 0.800. The van der Waals surface area contributed by atoms with E-state index >= 15 is 0 Å². The van der Waals surface area contributed by atoms with Gasteiger partial charge in [-0.3, -0.25) is 9.48 Å². The minimum Gasteiger partial charge on any atom is -0.460 e. The lowest BCUT2D eigenvalue weighted by Gasteiger charge is -2.23. The number of hydrogen-bond donors (Lipinski definition) is 0. The second-order valence-electron chi connectivity index (χ2n) is 6.72. The molecule has 1 saturated carbocycles. The molecular formula is C15H25N3O2. The number of rotatable bonds is 3. The van der Waals surface area contributed by atoms with Gasteiger partial charge in [0, 0.05) is 6.54 Å². The third-order valence-electron chi connectivity index (χ3n) is 3.74. The lowest BCUT2D eigenvalue weighted by atomic mass is 9.98. The van der Waals surface area contributed by atoms with E-state index in [4.69, 9.17) is 4.74 Å². The van der Waals surface area contributed by atoms with Crippen LogP contribution in [0.3, 0.4) is 0 Å². The SMILES string of the molecule is CC(C)(C)OC(=O)C1CCCC(Cn2cncn2)CC1. The van der Waals surface area contributed by atoms with Crippen LogP contribution in [0.15, 0.2) is 12.7 Å². The minimum absolute atomic E-state index is 0.0288. The Kier molecular flexibility index (Phi) is 4.78. The minimum atomic E-state index is -0.385. The van der Waals surface area contributed by atoms with Crippen molar-refractivity contribution in [3.8, 4) is 0 Å². The molecule has 0 saturated heterocycles. The van der Waals surface area contributed by atoms with E-state index in [1.165, 1.54) is 0 Å². The van der Waals surface area contributed by atoms with E-state index < -0.39 is 0 Å². The van der Waals surface area contributed by atoms with Crippen molar-refractivity contribution in [2.24, 2.45) is 11.8 Å². The summed E-state index contributed by atoms with van der Waals surface area (Å²) in [5.74, 6) is 0.623. The van der Waals surface area contributed by atoms with Crippen LogP contribution in [0.4, 0.5) is 0 Å². The predicted octanol–water partition coefficient (Wildman–Crippen LogP) is 2.82. The summed E-state index contributed by atoms with van der Waals surface area (Å²) < 4.78 is 7.39. The first-order valence-corrected chi connectivity index (χ1v) is 7.49. The maximum Gasteiger partial charge on any atom is 0.309 e. The highest BCUT2D eigenvalue weighted by Crippen LogP contribution is 2.29. The largest absolute Gasteiger partial charge is 0.460 e. The highest BCUT2D eigenvalue weighted by Gasteiger charge is 2.28. The van der Waals surface area contributed by atoms with Gasteiger partial charge < -0.3 is 4.74 Å². The van der Waals surface area contributed by atoms with E-state index in [9.17, 15) is 4.79 Å². The zero-order valence-corrected chi connectivity index (χ0v) is 12.7. The fourth-order valence-electron chi connectivity index (χ4n) is 2.77. The zero-order chi connectivity index (χ0) is 14.6. The first-order chi connectivity index (χ1) is 9.44. The fourth-order valence-corrected chi connectivity index (χ4v) is 2.77. The lowest BCUT2D eigenvalue weighted by Crippen LogP contribution is -2.28. The summed E-state index contributed by atoms with van der Waals surface area (Å²) in [5.41, 5.74) is -0.385. The molecule has 0 spiro atoms. The highest BCUT2D eigenvalue weighted by molar-refractivity contribution is 5.72. The van der Waals surface area contributed by atoms with Gasteiger partial charge in [0.1, 0.15) is 18.3 Å². The normalized spacial score (nSPS) is 24.1. The molecule has 2 rings (SSSR count). The average Bonchev–Trinajstić information content (AvgIpc) is 2.72. The molecule has 0 aliphatic heterocycles. The summed E-state index contributed by atoms with van der Waals surface area (Å²) >= 11 is 0. The second kappa shape index (κ2) is 6.37. The number of carbonyl (C=O) groups excluding carboxylic acids is 1. The van der Waals surface area contributed by atoms with E-state index in [-0.39, 0.29) is 17.5 Å². The van der Waals surface area contributed by atoms with Crippen LogP contribution in [0.25, 0.3) is 0 Å². The van der Waals surface area contributed by atoms with E-state index in [1.54, 1.807) is 12.7 Å². The van der Waals surface area contributed by atoms with Gasteiger partial charge in [0.25, 0.3) is 0 Å². The van der Waals surface area contributed by atoms with Crippen molar-refractivity contribution in [1.29, 1.82) is 0 Å². The molecule has 0 N–H and O–H groups in total. The molecule has 1 aliphatic carbocycles. The Labute approximate surface area is 120 Å². The van der Waals surface area contributed by atoms with Gasteiger partial charge in [-0.25, -0.2) is 4.98 Å². The molecule has 2 atom stereocenters. The summed E-state index contributed by atoms with van der Waals surface area (Å²) in [6, 6.07) is 0. The molecule has 112 valence electrons. The monoisotopic (exact) mass is 279 g/mol. The van der Waals surface area contributed by atoms with Crippen LogP contribution in [0.2, 0.25) is 0 Å². The van der Waals surface area contributed by atoms with E-state index in [0.717, 1.165) is 38.6 Å². The molecule has 1 heterocycles. The van der Waals surface area contributed by atoms with Crippen LogP contribution in [0.1, 0.15) is 52.9 Å². The van der Waals surface area contributed by atoms with Crippen LogP contribution < -0.4 is 0 Å². The van der Waals surface area contributed by atoms with Crippen molar-refractivity contribution >= 4 is 5.97 Å².